The Bertz CT molecular complexity index is 215. The molecule has 2 fully saturated rings. The number of nitrogens with zero attached hydrogens (tertiary/aromatic N) is 1. The SMILES string of the molecule is COCCN(C1CC1)C(CN)C1CCOCC1. The lowest BCUT2D eigenvalue weighted by molar-refractivity contribution is 0.0180. The Morgan fingerprint density at radius 2 is 2.00 bits per heavy atom. The van der Waals surface area contributed by atoms with Crippen molar-refractivity contribution in [2.75, 3.05) is 40.0 Å². The molecule has 1 atom stereocenters. The van der Waals surface area contributed by atoms with Gasteiger partial charge in [-0.15, -0.1) is 0 Å². The summed E-state index contributed by atoms with van der Waals surface area (Å²) in [5.41, 5.74) is 6.02. The largest absolute Gasteiger partial charge is 0.383 e. The van der Waals surface area contributed by atoms with Crippen LogP contribution in [0.4, 0.5) is 0 Å². The zero-order chi connectivity index (χ0) is 12.1. The number of hydrogen-bond acceptors (Lipinski definition) is 4. The summed E-state index contributed by atoms with van der Waals surface area (Å²) in [5.74, 6) is 0.714. The van der Waals surface area contributed by atoms with E-state index in [4.69, 9.17) is 15.2 Å². The van der Waals surface area contributed by atoms with Gasteiger partial charge in [-0.25, -0.2) is 0 Å². The van der Waals surface area contributed by atoms with Crippen molar-refractivity contribution in [1.82, 2.24) is 4.90 Å². The van der Waals surface area contributed by atoms with Crippen molar-refractivity contribution in [2.45, 2.75) is 37.8 Å². The normalized spacial score (nSPS) is 24.2. The van der Waals surface area contributed by atoms with E-state index in [2.05, 4.69) is 4.90 Å². The topological polar surface area (TPSA) is 47.7 Å². The molecule has 1 heterocycles. The first-order valence-electron chi connectivity index (χ1n) is 6.89. The van der Waals surface area contributed by atoms with Gasteiger partial charge in [0.1, 0.15) is 0 Å². The van der Waals surface area contributed by atoms with Crippen LogP contribution in [-0.2, 0) is 9.47 Å². The van der Waals surface area contributed by atoms with Crippen LogP contribution >= 0.6 is 0 Å². The van der Waals surface area contributed by atoms with Crippen LogP contribution in [0.5, 0.6) is 0 Å². The molecule has 100 valence electrons. The van der Waals surface area contributed by atoms with Crippen molar-refractivity contribution in [3.8, 4) is 0 Å². The van der Waals surface area contributed by atoms with Gasteiger partial charge >= 0.3 is 0 Å². The quantitative estimate of drug-likeness (QED) is 0.719. The van der Waals surface area contributed by atoms with Crippen LogP contribution < -0.4 is 5.73 Å². The first-order chi connectivity index (χ1) is 8.36. The van der Waals surface area contributed by atoms with Crippen LogP contribution in [0.25, 0.3) is 0 Å². The van der Waals surface area contributed by atoms with Crippen LogP contribution in [0.2, 0.25) is 0 Å². The van der Waals surface area contributed by atoms with Gasteiger partial charge < -0.3 is 15.2 Å². The van der Waals surface area contributed by atoms with E-state index in [1.165, 1.54) is 12.8 Å². The monoisotopic (exact) mass is 242 g/mol. The zero-order valence-corrected chi connectivity index (χ0v) is 10.9. The third kappa shape index (κ3) is 3.65. The van der Waals surface area contributed by atoms with E-state index < -0.39 is 0 Å². The molecule has 4 nitrogen and oxygen atoms in total. The smallest absolute Gasteiger partial charge is 0.0589 e. The third-order valence-corrected chi connectivity index (χ3v) is 4.05. The lowest BCUT2D eigenvalue weighted by Crippen LogP contribution is -2.49. The molecule has 0 radical (unpaired) electrons. The third-order valence-electron chi connectivity index (χ3n) is 4.05. The predicted octanol–water partition coefficient (Wildman–Crippen LogP) is 0.851. The maximum Gasteiger partial charge on any atom is 0.0589 e. The second-order valence-electron chi connectivity index (χ2n) is 5.21. The minimum atomic E-state index is 0.529. The van der Waals surface area contributed by atoms with Crippen LogP contribution in [0.1, 0.15) is 25.7 Å². The Morgan fingerprint density at radius 1 is 1.29 bits per heavy atom. The molecule has 0 aromatic heterocycles. The summed E-state index contributed by atoms with van der Waals surface area (Å²) in [6.45, 7) is 4.43. The lowest BCUT2D eigenvalue weighted by Gasteiger charge is -2.38. The molecule has 0 aromatic carbocycles. The first-order valence-corrected chi connectivity index (χ1v) is 6.89. The zero-order valence-electron chi connectivity index (χ0n) is 10.9. The lowest BCUT2D eigenvalue weighted by atomic mass is 9.90. The summed E-state index contributed by atoms with van der Waals surface area (Å²) in [7, 11) is 1.77. The minimum absolute atomic E-state index is 0.529. The number of hydrogen-bond donors (Lipinski definition) is 1. The van der Waals surface area contributed by atoms with Crippen LogP contribution in [0.3, 0.4) is 0 Å². The van der Waals surface area contributed by atoms with E-state index in [1.54, 1.807) is 7.11 Å². The molecular weight excluding hydrogens is 216 g/mol. The molecule has 0 bridgehead atoms. The summed E-state index contributed by atoms with van der Waals surface area (Å²) in [6, 6.07) is 1.29. The van der Waals surface area contributed by atoms with Gasteiger partial charge in [0.2, 0.25) is 0 Å². The van der Waals surface area contributed by atoms with E-state index in [-0.39, 0.29) is 0 Å². The predicted molar refractivity (Wildman–Crippen MR) is 68.0 cm³/mol. The fraction of sp³-hybridized carbons (Fsp3) is 1.00. The Morgan fingerprint density at radius 3 is 2.53 bits per heavy atom. The van der Waals surface area contributed by atoms with Gasteiger partial charge in [0, 0.05) is 45.5 Å². The van der Waals surface area contributed by atoms with Crippen molar-refractivity contribution in [3.05, 3.63) is 0 Å². The molecule has 4 heteroatoms. The van der Waals surface area contributed by atoms with E-state index in [9.17, 15) is 0 Å². The average molecular weight is 242 g/mol. The standard InChI is InChI=1S/C13H26N2O2/c1-16-9-6-15(12-2-3-12)13(10-14)11-4-7-17-8-5-11/h11-13H,2-10,14H2,1H3. The maximum atomic E-state index is 6.02. The summed E-state index contributed by atoms with van der Waals surface area (Å²) in [4.78, 5) is 2.60. The van der Waals surface area contributed by atoms with Gasteiger partial charge in [0.25, 0.3) is 0 Å². The molecule has 1 saturated heterocycles. The molecule has 0 aromatic rings. The first kappa shape index (κ1) is 13.3. The Kier molecular flexibility index (Phi) is 5.22. The molecule has 2 N–H and O–H groups in total. The maximum absolute atomic E-state index is 6.02. The highest BCUT2D eigenvalue weighted by molar-refractivity contribution is 4.92. The van der Waals surface area contributed by atoms with E-state index in [1.807, 2.05) is 0 Å². The van der Waals surface area contributed by atoms with Gasteiger partial charge in [-0.05, 0) is 31.6 Å². The number of methoxy groups -OCH3 is 1. The molecular formula is C13H26N2O2. The number of ether oxygens (including phenoxy) is 2. The highest BCUT2D eigenvalue weighted by atomic mass is 16.5. The van der Waals surface area contributed by atoms with E-state index in [0.717, 1.165) is 51.8 Å². The molecule has 2 aliphatic rings. The molecule has 1 aliphatic heterocycles. The van der Waals surface area contributed by atoms with Crippen molar-refractivity contribution >= 4 is 0 Å². The Labute approximate surface area is 104 Å². The highest BCUT2D eigenvalue weighted by Crippen LogP contribution is 2.32. The summed E-state index contributed by atoms with van der Waals surface area (Å²) >= 11 is 0. The number of rotatable bonds is 7. The van der Waals surface area contributed by atoms with Crippen molar-refractivity contribution in [1.29, 1.82) is 0 Å². The summed E-state index contributed by atoms with van der Waals surface area (Å²) < 4.78 is 10.7. The number of nitrogens with two attached hydrogens (primary N) is 1. The molecule has 2 rings (SSSR count). The fourth-order valence-electron chi connectivity index (χ4n) is 2.92. The molecule has 0 amide bonds. The summed E-state index contributed by atoms with van der Waals surface area (Å²) in [5, 5.41) is 0. The van der Waals surface area contributed by atoms with E-state index >= 15 is 0 Å². The van der Waals surface area contributed by atoms with Crippen LogP contribution in [0, 0.1) is 5.92 Å². The van der Waals surface area contributed by atoms with Crippen LogP contribution in [-0.4, -0.2) is 57.0 Å². The summed E-state index contributed by atoms with van der Waals surface area (Å²) in [6.07, 6.45) is 5.00. The van der Waals surface area contributed by atoms with Gasteiger partial charge in [-0.3, -0.25) is 4.90 Å². The van der Waals surface area contributed by atoms with Crippen LogP contribution in [0.15, 0.2) is 0 Å². The second kappa shape index (κ2) is 6.69. The average Bonchev–Trinajstić information content (AvgIpc) is 3.20. The minimum Gasteiger partial charge on any atom is -0.383 e. The van der Waals surface area contributed by atoms with Crippen molar-refractivity contribution in [3.63, 3.8) is 0 Å². The molecule has 17 heavy (non-hydrogen) atoms. The van der Waals surface area contributed by atoms with Gasteiger partial charge in [0.05, 0.1) is 6.61 Å². The van der Waals surface area contributed by atoms with Gasteiger partial charge in [0.15, 0.2) is 0 Å². The molecule has 1 aliphatic carbocycles. The Hall–Kier alpha value is -0.160. The highest BCUT2D eigenvalue weighted by Gasteiger charge is 2.36. The van der Waals surface area contributed by atoms with Crippen molar-refractivity contribution < 1.29 is 9.47 Å². The molecule has 1 saturated carbocycles. The second-order valence-corrected chi connectivity index (χ2v) is 5.21. The fourth-order valence-corrected chi connectivity index (χ4v) is 2.92. The van der Waals surface area contributed by atoms with Gasteiger partial charge in [-0.1, -0.05) is 0 Å². The Balaban J connectivity index is 1.91. The van der Waals surface area contributed by atoms with E-state index in [0.29, 0.717) is 12.0 Å². The van der Waals surface area contributed by atoms with Crippen molar-refractivity contribution in [2.24, 2.45) is 11.7 Å². The molecule has 0 spiro atoms. The van der Waals surface area contributed by atoms with Gasteiger partial charge in [-0.2, -0.15) is 0 Å². The molecule has 1 unspecified atom stereocenters.